The summed E-state index contributed by atoms with van der Waals surface area (Å²) in [6.45, 7) is 2.23. The van der Waals surface area contributed by atoms with E-state index in [4.69, 9.17) is 4.74 Å². The Morgan fingerprint density at radius 2 is 1.28 bits per heavy atom. The van der Waals surface area contributed by atoms with Crippen molar-refractivity contribution in [3.05, 3.63) is 102 Å². The van der Waals surface area contributed by atoms with Crippen molar-refractivity contribution in [1.82, 2.24) is 4.90 Å². The van der Waals surface area contributed by atoms with Gasteiger partial charge in [-0.3, -0.25) is 4.79 Å². The summed E-state index contributed by atoms with van der Waals surface area (Å²) in [5, 5.41) is 0. The number of amides is 1. The lowest BCUT2D eigenvalue weighted by molar-refractivity contribution is -0.130. The van der Waals surface area contributed by atoms with E-state index in [0.29, 0.717) is 5.75 Å². The molecule has 3 heteroatoms. The molecule has 0 saturated heterocycles. The number of rotatable bonds is 7. The highest BCUT2D eigenvalue weighted by Crippen LogP contribution is 2.34. The Kier molecular flexibility index (Phi) is 6.85. The number of hydrogen-bond donors (Lipinski definition) is 0. The van der Waals surface area contributed by atoms with E-state index in [1.807, 2.05) is 24.3 Å². The van der Waals surface area contributed by atoms with Crippen LogP contribution in [-0.4, -0.2) is 31.5 Å². The zero-order valence-electron chi connectivity index (χ0n) is 17.3. The average molecular weight is 386 g/mol. The summed E-state index contributed by atoms with van der Waals surface area (Å²) in [6.07, 6.45) is 0.920. The molecule has 0 aromatic heterocycles. The van der Waals surface area contributed by atoms with E-state index in [9.17, 15) is 4.79 Å². The minimum Gasteiger partial charge on any atom is -0.484 e. The molecule has 148 valence electrons. The number of ether oxygens (including phenoxy) is 1. The van der Waals surface area contributed by atoms with Gasteiger partial charge in [0.05, 0.1) is 0 Å². The molecular formula is C26H27NO2. The minimum atomic E-state index is -0.0590. The maximum absolute atomic E-state index is 11.8. The quantitative estimate of drug-likeness (QED) is 0.501. The molecule has 0 atom stereocenters. The van der Waals surface area contributed by atoms with Crippen LogP contribution >= 0.6 is 0 Å². The fourth-order valence-corrected chi connectivity index (χ4v) is 3.28. The van der Waals surface area contributed by atoms with E-state index < -0.39 is 0 Å². The number of allylic oxidation sites excluding steroid dienone is 1. The highest BCUT2D eigenvalue weighted by Gasteiger charge is 2.13. The van der Waals surface area contributed by atoms with Crippen LogP contribution in [0.2, 0.25) is 0 Å². The van der Waals surface area contributed by atoms with Gasteiger partial charge in [-0.2, -0.15) is 0 Å². The van der Waals surface area contributed by atoms with Crippen LogP contribution in [0.25, 0.3) is 11.1 Å². The molecule has 0 radical (unpaired) electrons. The van der Waals surface area contributed by atoms with E-state index >= 15 is 0 Å². The maximum atomic E-state index is 11.8. The molecule has 0 N–H and O–H groups in total. The number of benzene rings is 3. The second-order valence-corrected chi connectivity index (χ2v) is 7.04. The lowest BCUT2D eigenvalue weighted by atomic mass is 9.88. The highest BCUT2D eigenvalue weighted by molar-refractivity contribution is 5.98. The van der Waals surface area contributed by atoms with Gasteiger partial charge in [-0.15, -0.1) is 0 Å². The van der Waals surface area contributed by atoms with Crippen LogP contribution in [0.3, 0.4) is 0 Å². The summed E-state index contributed by atoms with van der Waals surface area (Å²) in [4.78, 5) is 13.3. The summed E-state index contributed by atoms with van der Waals surface area (Å²) in [6, 6.07) is 29.0. The van der Waals surface area contributed by atoms with E-state index in [0.717, 1.165) is 12.0 Å². The van der Waals surface area contributed by atoms with Gasteiger partial charge in [-0.1, -0.05) is 79.7 Å². The lowest BCUT2D eigenvalue weighted by Crippen LogP contribution is -2.27. The molecule has 0 spiro atoms. The smallest absolute Gasteiger partial charge is 0.259 e. The maximum Gasteiger partial charge on any atom is 0.259 e. The molecule has 0 bridgehead atoms. The first-order valence-electron chi connectivity index (χ1n) is 9.87. The molecule has 0 aliphatic heterocycles. The van der Waals surface area contributed by atoms with Crippen LogP contribution in [0, 0.1) is 0 Å². The second kappa shape index (κ2) is 9.74. The van der Waals surface area contributed by atoms with Crippen molar-refractivity contribution in [2.45, 2.75) is 13.3 Å². The third kappa shape index (κ3) is 5.14. The molecule has 3 aromatic rings. The first-order chi connectivity index (χ1) is 14.1. The largest absolute Gasteiger partial charge is 0.484 e. The minimum absolute atomic E-state index is 0.0396. The van der Waals surface area contributed by atoms with E-state index in [1.54, 1.807) is 14.1 Å². The van der Waals surface area contributed by atoms with Gasteiger partial charge in [0.25, 0.3) is 5.91 Å². The predicted octanol–water partition coefficient (Wildman–Crippen LogP) is 5.52. The van der Waals surface area contributed by atoms with Crippen LogP contribution in [0.4, 0.5) is 0 Å². The van der Waals surface area contributed by atoms with Crippen LogP contribution < -0.4 is 4.74 Å². The predicted molar refractivity (Wildman–Crippen MR) is 120 cm³/mol. The number of likely N-dealkylation sites (N-methyl/N-ethyl adjacent to an activating group) is 1. The number of carbonyl (C=O) groups excluding carboxylic acids is 1. The molecule has 0 heterocycles. The first kappa shape index (κ1) is 20.4. The Balaban J connectivity index is 2.00. The first-order valence-corrected chi connectivity index (χ1v) is 9.87. The van der Waals surface area contributed by atoms with E-state index in [2.05, 4.69) is 67.6 Å². The summed E-state index contributed by atoms with van der Waals surface area (Å²) in [5.74, 6) is 0.630. The van der Waals surface area contributed by atoms with Crippen LogP contribution in [0.5, 0.6) is 5.75 Å². The van der Waals surface area contributed by atoms with Crippen molar-refractivity contribution < 1.29 is 9.53 Å². The average Bonchev–Trinajstić information content (AvgIpc) is 2.77. The van der Waals surface area contributed by atoms with Crippen LogP contribution in [-0.2, 0) is 4.79 Å². The second-order valence-electron chi connectivity index (χ2n) is 7.04. The Hall–Kier alpha value is -3.33. The molecule has 29 heavy (non-hydrogen) atoms. The van der Waals surface area contributed by atoms with Crippen LogP contribution in [0.1, 0.15) is 30.0 Å². The van der Waals surface area contributed by atoms with Crippen molar-refractivity contribution in [2.75, 3.05) is 20.7 Å². The van der Waals surface area contributed by atoms with Crippen molar-refractivity contribution in [2.24, 2.45) is 0 Å². The van der Waals surface area contributed by atoms with E-state index in [1.165, 1.54) is 27.2 Å². The van der Waals surface area contributed by atoms with Gasteiger partial charge in [0, 0.05) is 14.1 Å². The molecule has 3 aromatic carbocycles. The Morgan fingerprint density at radius 1 is 0.759 bits per heavy atom. The summed E-state index contributed by atoms with van der Waals surface area (Å²) >= 11 is 0. The number of nitrogens with zero attached hydrogens (tertiary/aromatic N) is 1. The van der Waals surface area contributed by atoms with Crippen molar-refractivity contribution in [1.29, 1.82) is 0 Å². The van der Waals surface area contributed by atoms with E-state index in [-0.39, 0.29) is 12.5 Å². The number of hydrogen-bond acceptors (Lipinski definition) is 2. The molecule has 3 rings (SSSR count). The summed E-state index contributed by atoms with van der Waals surface area (Å²) in [7, 11) is 3.45. The molecule has 0 saturated carbocycles. The SMILES string of the molecule is CC/C(=C(\c1ccccc1)c1ccc(OCC(=O)N(C)C)cc1)c1ccccc1. The molecule has 0 unspecified atom stereocenters. The fraction of sp³-hybridized carbons (Fsp3) is 0.192. The summed E-state index contributed by atoms with van der Waals surface area (Å²) < 4.78 is 5.63. The molecular weight excluding hydrogens is 358 g/mol. The van der Waals surface area contributed by atoms with Gasteiger partial charge in [-0.05, 0) is 46.4 Å². The Labute approximate surface area is 173 Å². The van der Waals surface area contributed by atoms with Crippen LogP contribution in [0.15, 0.2) is 84.9 Å². The Morgan fingerprint density at radius 3 is 1.79 bits per heavy atom. The van der Waals surface area contributed by atoms with Crippen molar-refractivity contribution >= 4 is 17.1 Å². The molecule has 0 aliphatic rings. The molecule has 0 fully saturated rings. The summed E-state index contributed by atoms with van der Waals surface area (Å²) in [5.41, 5.74) is 6.06. The number of carbonyl (C=O) groups is 1. The van der Waals surface area contributed by atoms with Gasteiger partial charge < -0.3 is 9.64 Å². The normalized spacial score (nSPS) is 11.6. The fourth-order valence-electron chi connectivity index (χ4n) is 3.28. The Bertz CT molecular complexity index is 959. The lowest BCUT2D eigenvalue weighted by Gasteiger charge is -2.17. The topological polar surface area (TPSA) is 29.5 Å². The third-order valence-corrected chi connectivity index (χ3v) is 4.84. The molecule has 1 amide bonds. The van der Waals surface area contributed by atoms with Gasteiger partial charge in [0.2, 0.25) is 0 Å². The molecule has 3 nitrogen and oxygen atoms in total. The van der Waals surface area contributed by atoms with Crippen molar-refractivity contribution in [3.63, 3.8) is 0 Å². The van der Waals surface area contributed by atoms with Crippen molar-refractivity contribution in [3.8, 4) is 5.75 Å². The standard InChI is InChI=1S/C26H27NO2/c1-4-24(20-11-7-5-8-12-20)26(21-13-9-6-10-14-21)22-15-17-23(18-16-22)29-19-25(28)27(2)3/h5-18H,4,19H2,1-3H3/b26-24-. The van der Waals surface area contributed by atoms with Gasteiger partial charge >= 0.3 is 0 Å². The monoisotopic (exact) mass is 385 g/mol. The molecule has 0 aliphatic carbocycles. The van der Waals surface area contributed by atoms with Gasteiger partial charge in [0.1, 0.15) is 5.75 Å². The van der Waals surface area contributed by atoms with Gasteiger partial charge in [-0.25, -0.2) is 0 Å². The third-order valence-electron chi connectivity index (χ3n) is 4.84. The zero-order valence-corrected chi connectivity index (χ0v) is 17.3. The zero-order chi connectivity index (χ0) is 20.6. The van der Waals surface area contributed by atoms with Gasteiger partial charge in [0.15, 0.2) is 6.61 Å². The highest BCUT2D eigenvalue weighted by atomic mass is 16.5.